The quantitative estimate of drug-likeness (QED) is 0.871. The highest BCUT2D eigenvalue weighted by atomic mass is 32.2. The molecule has 0 saturated heterocycles. The summed E-state index contributed by atoms with van der Waals surface area (Å²) in [6.45, 7) is -0.934. The molecule has 1 saturated carbocycles. The minimum Gasteiger partial charge on any atom is -0.309 e. The molecule has 1 aliphatic carbocycles. The summed E-state index contributed by atoms with van der Waals surface area (Å²) in [6.07, 6.45) is -2.31. The van der Waals surface area contributed by atoms with E-state index in [1.165, 1.54) is 6.07 Å². The zero-order valence-electron chi connectivity index (χ0n) is 10.8. The molecule has 0 unspecified atom stereocenters. The molecule has 0 aliphatic heterocycles. The highest BCUT2D eigenvalue weighted by Gasteiger charge is 2.35. The van der Waals surface area contributed by atoms with Gasteiger partial charge in [-0.25, -0.2) is 8.42 Å². The lowest BCUT2D eigenvalue weighted by Crippen LogP contribution is -2.35. The molecule has 9 heteroatoms. The van der Waals surface area contributed by atoms with Crippen molar-refractivity contribution in [3.63, 3.8) is 0 Å². The SMILES string of the molecule is CN(CC(F)(F)F)S(=O)(=O)c1ccc(CNC2CC2)s1. The molecule has 0 amide bonds. The van der Waals surface area contributed by atoms with E-state index < -0.39 is 22.7 Å². The van der Waals surface area contributed by atoms with Crippen LogP contribution >= 0.6 is 11.3 Å². The predicted octanol–water partition coefficient (Wildman–Crippen LogP) is 2.18. The topological polar surface area (TPSA) is 49.4 Å². The van der Waals surface area contributed by atoms with Gasteiger partial charge in [-0.2, -0.15) is 17.5 Å². The molecule has 4 nitrogen and oxygen atoms in total. The highest BCUT2D eigenvalue weighted by Crippen LogP contribution is 2.27. The Balaban J connectivity index is 2.04. The minimum atomic E-state index is -4.55. The van der Waals surface area contributed by atoms with Crippen LogP contribution in [-0.4, -0.2) is 38.5 Å². The molecule has 0 spiro atoms. The van der Waals surface area contributed by atoms with Gasteiger partial charge in [0, 0.05) is 24.5 Å². The monoisotopic (exact) mass is 328 g/mol. The number of thiophene rings is 1. The van der Waals surface area contributed by atoms with E-state index in [1.807, 2.05) is 0 Å². The van der Waals surface area contributed by atoms with Gasteiger partial charge in [0.15, 0.2) is 0 Å². The Labute approximate surface area is 119 Å². The Morgan fingerprint density at radius 2 is 2.05 bits per heavy atom. The van der Waals surface area contributed by atoms with Crippen molar-refractivity contribution in [2.75, 3.05) is 13.6 Å². The largest absolute Gasteiger partial charge is 0.402 e. The van der Waals surface area contributed by atoms with Crippen molar-refractivity contribution >= 4 is 21.4 Å². The van der Waals surface area contributed by atoms with Gasteiger partial charge in [0.05, 0.1) is 0 Å². The van der Waals surface area contributed by atoms with Gasteiger partial charge in [-0.1, -0.05) is 0 Å². The molecule has 20 heavy (non-hydrogen) atoms. The van der Waals surface area contributed by atoms with Crippen molar-refractivity contribution in [3.8, 4) is 0 Å². The van der Waals surface area contributed by atoms with Crippen LogP contribution in [-0.2, 0) is 16.6 Å². The van der Waals surface area contributed by atoms with Gasteiger partial charge in [-0.05, 0) is 25.0 Å². The Morgan fingerprint density at radius 3 is 2.60 bits per heavy atom. The molecule has 1 fully saturated rings. The van der Waals surface area contributed by atoms with E-state index in [4.69, 9.17) is 0 Å². The van der Waals surface area contributed by atoms with Crippen molar-refractivity contribution in [1.29, 1.82) is 0 Å². The predicted molar refractivity (Wildman–Crippen MR) is 70.1 cm³/mol. The van der Waals surface area contributed by atoms with Crippen molar-refractivity contribution in [2.45, 2.75) is 35.8 Å². The summed E-state index contributed by atoms with van der Waals surface area (Å²) in [4.78, 5) is 0.802. The van der Waals surface area contributed by atoms with E-state index in [2.05, 4.69) is 5.32 Å². The van der Waals surface area contributed by atoms with E-state index in [0.717, 1.165) is 36.1 Å². The standard InChI is InChI=1S/C11H15F3N2O2S2/c1-16(7-11(12,13)14)20(17,18)10-5-4-9(19-10)6-15-8-2-3-8/h4-5,8,15H,2-3,6-7H2,1H3. The fourth-order valence-corrected chi connectivity index (χ4v) is 4.29. The Bertz CT molecular complexity index is 564. The van der Waals surface area contributed by atoms with E-state index in [1.54, 1.807) is 6.07 Å². The van der Waals surface area contributed by atoms with Crippen LogP contribution in [0.15, 0.2) is 16.3 Å². The average Bonchev–Trinajstić information content (AvgIpc) is 3.01. The van der Waals surface area contributed by atoms with Crippen LogP contribution in [0.1, 0.15) is 17.7 Å². The first kappa shape index (κ1) is 15.7. The summed E-state index contributed by atoms with van der Waals surface area (Å²) in [7, 11) is -3.14. The first-order valence-corrected chi connectivity index (χ1v) is 8.29. The summed E-state index contributed by atoms with van der Waals surface area (Å²) in [5, 5.41) is 3.23. The number of sulfonamides is 1. The zero-order chi connectivity index (χ0) is 15.0. The maximum Gasteiger partial charge on any atom is 0.402 e. The maximum absolute atomic E-state index is 12.3. The van der Waals surface area contributed by atoms with Gasteiger partial charge >= 0.3 is 6.18 Å². The van der Waals surface area contributed by atoms with E-state index in [-0.39, 0.29) is 4.21 Å². The van der Waals surface area contributed by atoms with E-state index in [9.17, 15) is 21.6 Å². The van der Waals surface area contributed by atoms with Gasteiger partial charge in [-0.3, -0.25) is 0 Å². The number of halogens is 3. The van der Waals surface area contributed by atoms with Gasteiger partial charge < -0.3 is 5.32 Å². The Morgan fingerprint density at radius 1 is 1.40 bits per heavy atom. The Kier molecular flexibility index (Phi) is 4.43. The molecule has 0 bridgehead atoms. The van der Waals surface area contributed by atoms with Gasteiger partial charge in [0.25, 0.3) is 10.0 Å². The molecule has 1 heterocycles. The van der Waals surface area contributed by atoms with Gasteiger partial charge in [0.2, 0.25) is 0 Å². The highest BCUT2D eigenvalue weighted by molar-refractivity contribution is 7.91. The van der Waals surface area contributed by atoms with Crippen molar-refractivity contribution in [2.24, 2.45) is 0 Å². The van der Waals surface area contributed by atoms with Crippen molar-refractivity contribution < 1.29 is 21.6 Å². The number of alkyl halides is 3. The van der Waals surface area contributed by atoms with Crippen LogP contribution in [0.4, 0.5) is 13.2 Å². The van der Waals surface area contributed by atoms with Crippen LogP contribution in [0, 0.1) is 0 Å². The number of hydrogen-bond acceptors (Lipinski definition) is 4. The fraction of sp³-hybridized carbons (Fsp3) is 0.636. The van der Waals surface area contributed by atoms with E-state index >= 15 is 0 Å². The van der Waals surface area contributed by atoms with Crippen LogP contribution in [0.3, 0.4) is 0 Å². The van der Waals surface area contributed by atoms with Crippen LogP contribution in [0.25, 0.3) is 0 Å². The number of nitrogens with zero attached hydrogens (tertiary/aromatic N) is 1. The van der Waals surface area contributed by atoms with Crippen LogP contribution in [0.5, 0.6) is 0 Å². The second-order valence-corrected chi connectivity index (χ2v) is 8.19. The summed E-state index contributed by atoms with van der Waals surface area (Å²) in [6, 6.07) is 3.48. The van der Waals surface area contributed by atoms with Crippen molar-refractivity contribution in [3.05, 3.63) is 17.0 Å². The maximum atomic E-state index is 12.3. The third-order valence-corrected chi connectivity index (χ3v) is 6.20. The molecule has 2 rings (SSSR count). The molecular weight excluding hydrogens is 313 g/mol. The summed E-state index contributed by atoms with van der Waals surface area (Å²) in [5.41, 5.74) is 0. The second-order valence-electron chi connectivity index (χ2n) is 4.75. The minimum absolute atomic E-state index is 0.0585. The molecule has 1 aliphatic rings. The Hall–Kier alpha value is -0.640. The summed E-state index contributed by atoms with van der Waals surface area (Å²) >= 11 is 1.00. The second kappa shape index (κ2) is 5.63. The first-order chi connectivity index (χ1) is 9.18. The molecule has 1 N–H and O–H groups in total. The van der Waals surface area contributed by atoms with Crippen molar-refractivity contribution in [1.82, 2.24) is 9.62 Å². The normalized spacial score (nSPS) is 16.9. The lowest BCUT2D eigenvalue weighted by Gasteiger charge is -2.17. The number of nitrogens with one attached hydrogen (secondary N) is 1. The van der Waals surface area contributed by atoms with Gasteiger partial charge in [-0.15, -0.1) is 11.3 Å². The lowest BCUT2D eigenvalue weighted by atomic mass is 10.4. The molecule has 0 aromatic carbocycles. The molecule has 1 aromatic rings. The van der Waals surface area contributed by atoms with Crippen LogP contribution in [0.2, 0.25) is 0 Å². The molecular formula is C11H15F3N2O2S2. The third kappa shape index (κ3) is 4.18. The number of hydrogen-bond donors (Lipinski definition) is 1. The fourth-order valence-electron chi connectivity index (χ4n) is 1.62. The third-order valence-electron chi connectivity index (χ3n) is 2.85. The lowest BCUT2D eigenvalue weighted by molar-refractivity contribution is -0.134. The van der Waals surface area contributed by atoms with E-state index in [0.29, 0.717) is 16.9 Å². The average molecular weight is 328 g/mol. The molecule has 0 radical (unpaired) electrons. The summed E-state index contributed by atoms with van der Waals surface area (Å²) in [5.74, 6) is 0. The molecule has 0 atom stereocenters. The number of rotatable bonds is 6. The first-order valence-electron chi connectivity index (χ1n) is 6.04. The molecule has 114 valence electrons. The van der Waals surface area contributed by atoms with Crippen LogP contribution < -0.4 is 5.32 Å². The van der Waals surface area contributed by atoms with Gasteiger partial charge in [0.1, 0.15) is 10.8 Å². The zero-order valence-corrected chi connectivity index (χ0v) is 12.4. The smallest absolute Gasteiger partial charge is 0.309 e. The summed E-state index contributed by atoms with van der Waals surface area (Å²) < 4.78 is 61.0. The molecule has 1 aromatic heterocycles.